The molecule has 2 nitrogen and oxygen atoms in total. The van der Waals surface area contributed by atoms with Gasteiger partial charge in [-0.25, -0.2) is 0 Å². The first kappa shape index (κ1) is 10.7. The molecule has 0 radical (unpaired) electrons. The van der Waals surface area contributed by atoms with Crippen molar-refractivity contribution in [2.45, 2.75) is 59.0 Å². The van der Waals surface area contributed by atoms with Gasteiger partial charge in [0.05, 0.1) is 0 Å². The molecule has 2 heteroatoms. The SMILES string of the molecule is CC1CC(=O)CC(CC(C)(C)C)N1. The minimum atomic E-state index is 0.314. The highest BCUT2D eigenvalue weighted by atomic mass is 16.1. The number of rotatable bonds is 1. The molecule has 2 atom stereocenters. The Kier molecular flexibility index (Phi) is 3.12. The van der Waals surface area contributed by atoms with Gasteiger partial charge in [0.1, 0.15) is 5.78 Å². The van der Waals surface area contributed by atoms with E-state index >= 15 is 0 Å². The van der Waals surface area contributed by atoms with Gasteiger partial charge in [-0.2, -0.15) is 0 Å². The molecule has 0 aromatic heterocycles. The van der Waals surface area contributed by atoms with Gasteiger partial charge in [0.2, 0.25) is 0 Å². The van der Waals surface area contributed by atoms with E-state index in [1.807, 2.05) is 0 Å². The Hall–Kier alpha value is -0.370. The van der Waals surface area contributed by atoms with Crippen molar-refractivity contribution in [3.8, 4) is 0 Å². The van der Waals surface area contributed by atoms with E-state index in [0.29, 0.717) is 29.7 Å². The Morgan fingerprint density at radius 1 is 1.38 bits per heavy atom. The summed E-state index contributed by atoms with van der Waals surface area (Å²) in [5.41, 5.74) is 0.314. The number of carbonyl (C=O) groups is 1. The summed E-state index contributed by atoms with van der Waals surface area (Å²) in [6.45, 7) is 8.75. The third kappa shape index (κ3) is 3.90. The molecule has 1 saturated heterocycles. The van der Waals surface area contributed by atoms with E-state index < -0.39 is 0 Å². The van der Waals surface area contributed by atoms with Gasteiger partial charge in [0.15, 0.2) is 0 Å². The third-order valence-corrected chi connectivity index (χ3v) is 2.39. The second kappa shape index (κ2) is 3.79. The van der Waals surface area contributed by atoms with E-state index in [1.165, 1.54) is 0 Å². The first-order valence-electron chi connectivity index (χ1n) is 5.14. The van der Waals surface area contributed by atoms with Gasteiger partial charge in [0, 0.05) is 24.9 Å². The Morgan fingerprint density at radius 2 is 2.00 bits per heavy atom. The van der Waals surface area contributed by atoms with Crippen molar-refractivity contribution in [1.29, 1.82) is 0 Å². The molecule has 0 amide bonds. The zero-order valence-electron chi connectivity index (χ0n) is 9.18. The van der Waals surface area contributed by atoms with Gasteiger partial charge >= 0.3 is 0 Å². The highest BCUT2D eigenvalue weighted by molar-refractivity contribution is 5.80. The molecular weight excluding hydrogens is 162 g/mol. The molecular formula is C11H21NO. The summed E-state index contributed by atoms with van der Waals surface area (Å²) in [7, 11) is 0. The first-order valence-corrected chi connectivity index (χ1v) is 5.14. The predicted molar refractivity (Wildman–Crippen MR) is 54.7 cm³/mol. The molecule has 2 unspecified atom stereocenters. The van der Waals surface area contributed by atoms with Crippen molar-refractivity contribution >= 4 is 5.78 Å². The molecule has 1 N–H and O–H groups in total. The van der Waals surface area contributed by atoms with Crippen LogP contribution < -0.4 is 5.32 Å². The maximum atomic E-state index is 11.3. The van der Waals surface area contributed by atoms with Crippen molar-refractivity contribution in [2.24, 2.45) is 5.41 Å². The molecule has 0 saturated carbocycles. The number of piperidine rings is 1. The zero-order valence-corrected chi connectivity index (χ0v) is 9.18. The van der Waals surface area contributed by atoms with Crippen molar-refractivity contribution in [3.05, 3.63) is 0 Å². The number of Topliss-reactive ketones (excluding diaryl/α,β-unsaturated/α-hetero) is 1. The quantitative estimate of drug-likeness (QED) is 0.674. The van der Waals surface area contributed by atoms with Crippen LogP contribution in [0.3, 0.4) is 0 Å². The van der Waals surface area contributed by atoms with E-state index in [4.69, 9.17) is 0 Å². The lowest BCUT2D eigenvalue weighted by Gasteiger charge is -2.32. The monoisotopic (exact) mass is 183 g/mol. The summed E-state index contributed by atoms with van der Waals surface area (Å²) in [5.74, 6) is 0.417. The van der Waals surface area contributed by atoms with E-state index in [-0.39, 0.29) is 0 Å². The van der Waals surface area contributed by atoms with E-state index in [2.05, 4.69) is 33.0 Å². The molecule has 1 heterocycles. The number of nitrogens with one attached hydrogen (secondary N) is 1. The summed E-state index contributed by atoms with van der Waals surface area (Å²) < 4.78 is 0. The number of hydrogen-bond acceptors (Lipinski definition) is 2. The lowest BCUT2D eigenvalue weighted by atomic mass is 9.84. The Morgan fingerprint density at radius 3 is 2.46 bits per heavy atom. The first-order chi connectivity index (χ1) is 5.87. The molecule has 0 aliphatic carbocycles. The average molecular weight is 183 g/mol. The van der Waals surface area contributed by atoms with Gasteiger partial charge in [-0.3, -0.25) is 4.79 Å². The van der Waals surface area contributed by atoms with E-state index in [9.17, 15) is 4.79 Å². The van der Waals surface area contributed by atoms with Crippen LogP contribution in [-0.2, 0) is 4.79 Å². The summed E-state index contributed by atoms with van der Waals surface area (Å²) in [5, 5.41) is 3.48. The topological polar surface area (TPSA) is 29.1 Å². The molecule has 0 spiro atoms. The van der Waals surface area contributed by atoms with Gasteiger partial charge in [-0.1, -0.05) is 20.8 Å². The normalized spacial score (nSPS) is 30.6. The third-order valence-electron chi connectivity index (χ3n) is 2.39. The molecule has 76 valence electrons. The van der Waals surface area contributed by atoms with Gasteiger partial charge in [-0.05, 0) is 18.8 Å². The minimum absolute atomic E-state index is 0.314. The van der Waals surface area contributed by atoms with Gasteiger partial charge in [0.25, 0.3) is 0 Å². The largest absolute Gasteiger partial charge is 0.311 e. The second-order valence-corrected chi connectivity index (χ2v) is 5.48. The minimum Gasteiger partial charge on any atom is -0.311 e. The van der Waals surface area contributed by atoms with Crippen LogP contribution in [0.5, 0.6) is 0 Å². The van der Waals surface area contributed by atoms with Crippen LogP contribution in [0.25, 0.3) is 0 Å². The smallest absolute Gasteiger partial charge is 0.136 e. The van der Waals surface area contributed by atoms with Gasteiger partial charge < -0.3 is 5.32 Å². The fourth-order valence-corrected chi connectivity index (χ4v) is 2.09. The van der Waals surface area contributed by atoms with Crippen molar-refractivity contribution in [2.75, 3.05) is 0 Å². The molecule has 1 aliphatic heterocycles. The van der Waals surface area contributed by atoms with Crippen LogP contribution in [0.2, 0.25) is 0 Å². The fraction of sp³-hybridized carbons (Fsp3) is 0.909. The zero-order chi connectivity index (χ0) is 10.1. The number of carbonyl (C=O) groups excluding carboxylic acids is 1. The number of ketones is 1. The maximum Gasteiger partial charge on any atom is 0.136 e. The second-order valence-electron chi connectivity index (χ2n) is 5.48. The molecule has 0 aromatic carbocycles. The van der Waals surface area contributed by atoms with Crippen LogP contribution in [0, 0.1) is 5.41 Å². The summed E-state index contributed by atoms with van der Waals surface area (Å²) >= 11 is 0. The van der Waals surface area contributed by atoms with Crippen LogP contribution >= 0.6 is 0 Å². The standard InChI is InChI=1S/C11H21NO/c1-8-5-10(13)6-9(12-8)7-11(2,3)4/h8-9,12H,5-7H2,1-4H3. The van der Waals surface area contributed by atoms with Crippen molar-refractivity contribution < 1.29 is 4.79 Å². The van der Waals surface area contributed by atoms with Crippen molar-refractivity contribution in [3.63, 3.8) is 0 Å². The van der Waals surface area contributed by atoms with E-state index in [1.54, 1.807) is 0 Å². The van der Waals surface area contributed by atoms with E-state index in [0.717, 1.165) is 12.8 Å². The average Bonchev–Trinajstić information content (AvgIpc) is 1.78. The Bertz CT molecular complexity index is 193. The molecule has 0 aromatic rings. The van der Waals surface area contributed by atoms with Crippen LogP contribution in [-0.4, -0.2) is 17.9 Å². The summed E-state index contributed by atoms with van der Waals surface area (Å²) in [6.07, 6.45) is 2.52. The lowest BCUT2D eigenvalue weighted by molar-refractivity contribution is -0.121. The fourth-order valence-electron chi connectivity index (χ4n) is 2.09. The summed E-state index contributed by atoms with van der Waals surface area (Å²) in [4.78, 5) is 11.3. The predicted octanol–water partition coefficient (Wildman–Crippen LogP) is 2.13. The van der Waals surface area contributed by atoms with Crippen LogP contribution in [0.15, 0.2) is 0 Å². The number of hydrogen-bond donors (Lipinski definition) is 1. The lowest BCUT2D eigenvalue weighted by Crippen LogP contribution is -2.45. The van der Waals surface area contributed by atoms with Crippen LogP contribution in [0.1, 0.15) is 47.0 Å². The molecule has 1 fully saturated rings. The highest BCUT2D eigenvalue weighted by Crippen LogP contribution is 2.24. The Balaban J connectivity index is 2.46. The molecule has 0 bridgehead atoms. The Labute approximate surface area is 81.1 Å². The van der Waals surface area contributed by atoms with Crippen molar-refractivity contribution in [1.82, 2.24) is 5.32 Å². The van der Waals surface area contributed by atoms with Crippen LogP contribution in [0.4, 0.5) is 0 Å². The molecule has 1 rings (SSSR count). The van der Waals surface area contributed by atoms with Gasteiger partial charge in [-0.15, -0.1) is 0 Å². The maximum absolute atomic E-state index is 11.3. The summed E-state index contributed by atoms with van der Waals surface area (Å²) in [6, 6.07) is 0.768. The highest BCUT2D eigenvalue weighted by Gasteiger charge is 2.26. The molecule has 1 aliphatic rings. The molecule has 13 heavy (non-hydrogen) atoms.